The van der Waals surface area contributed by atoms with Crippen LogP contribution in [0.1, 0.15) is 58.3 Å². The van der Waals surface area contributed by atoms with E-state index in [0.29, 0.717) is 5.92 Å². The van der Waals surface area contributed by atoms with Crippen molar-refractivity contribution in [2.24, 2.45) is 17.8 Å². The van der Waals surface area contributed by atoms with E-state index in [1.165, 1.54) is 57.1 Å². The van der Waals surface area contributed by atoms with Crippen LogP contribution in [-0.2, 0) is 0 Å². The molecule has 0 aromatic rings. The highest BCUT2D eigenvalue weighted by Gasteiger charge is 2.33. The van der Waals surface area contributed by atoms with Crippen LogP contribution >= 0.6 is 10.0 Å². The van der Waals surface area contributed by atoms with E-state index in [4.69, 9.17) is 5.26 Å². The lowest BCUT2D eigenvalue weighted by Gasteiger charge is -2.45. The Kier molecular flexibility index (Phi) is 5.23. The van der Waals surface area contributed by atoms with E-state index in [0.717, 1.165) is 17.1 Å². The summed E-state index contributed by atoms with van der Waals surface area (Å²) in [5, 5.41) is 10.0. The molecule has 0 aliphatic heterocycles. The highest BCUT2D eigenvalue weighted by atomic mass is 32.3. The van der Waals surface area contributed by atoms with E-state index >= 15 is 0 Å². The third-order valence-corrected chi connectivity index (χ3v) is 9.75. The lowest BCUT2D eigenvalue weighted by Crippen LogP contribution is -2.29. The van der Waals surface area contributed by atoms with Crippen LogP contribution in [-0.4, -0.2) is 23.5 Å². The van der Waals surface area contributed by atoms with Crippen LogP contribution in [0.2, 0.25) is 0 Å². The van der Waals surface area contributed by atoms with E-state index in [-0.39, 0.29) is 10.0 Å². The summed E-state index contributed by atoms with van der Waals surface area (Å²) in [5.41, 5.74) is 0. The van der Waals surface area contributed by atoms with Gasteiger partial charge in [0.1, 0.15) is 0 Å². The van der Waals surface area contributed by atoms with Crippen LogP contribution in [0.4, 0.5) is 0 Å². The third-order valence-electron chi connectivity index (χ3n) is 5.99. The van der Waals surface area contributed by atoms with Crippen LogP contribution in [0.25, 0.3) is 0 Å². The molecule has 2 saturated carbocycles. The maximum atomic E-state index is 8.99. The fourth-order valence-corrected chi connectivity index (χ4v) is 6.17. The van der Waals surface area contributed by atoms with E-state index in [1.54, 1.807) is 0 Å². The molecule has 2 fully saturated rings. The zero-order valence-corrected chi connectivity index (χ0v) is 13.8. The summed E-state index contributed by atoms with van der Waals surface area (Å²) in [5.74, 6) is 3.71. The smallest absolute Gasteiger partial charge is 0.0655 e. The van der Waals surface area contributed by atoms with Crippen molar-refractivity contribution in [3.8, 4) is 6.07 Å². The van der Waals surface area contributed by atoms with Gasteiger partial charge in [-0.3, -0.25) is 0 Å². The second kappa shape index (κ2) is 6.53. The van der Waals surface area contributed by atoms with Crippen molar-refractivity contribution in [1.82, 2.24) is 0 Å². The van der Waals surface area contributed by atoms with Gasteiger partial charge in [-0.05, 0) is 86.7 Å². The van der Waals surface area contributed by atoms with Crippen molar-refractivity contribution >= 4 is 10.0 Å². The molecular formula is C17H31NS. The molecule has 0 atom stereocenters. The molecule has 2 aliphatic rings. The molecule has 0 radical (unpaired) electrons. The minimum atomic E-state index is -0.331. The molecule has 0 heterocycles. The Morgan fingerprint density at radius 1 is 0.895 bits per heavy atom. The van der Waals surface area contributed by atoms with Crippen LogP contribution in [0, 0.1) is 29.1 Å². The van der Waals surface area contributed by atoms with Crippen LogP contribution < -0.4 is 0 Å². The normalized spacial score (nSPS) is 37.6. The Morgan fingerprint density at radius 2 is 1.37 bits per heavy atom. The van der Waals surface area contributed by atoms with E-state index in [9.17, 15) is 0 Å². The number of rotatable bonds is 3. The van der Waals surface area contributed by atoms with Crippen molar-refractivity contribution in [3.63, 3.8) is 0 Å². The predicted molar refractivity (Wildman–Crippen MR) is 86.8 cm³/mol. The molecule has 0 unspecified atom stereocenters. The lowest BCUT2D eigenvalue weighted by atomic mass is 9.71. The van der Waals surface area contributed by atoms with Crippen molar-refractivity contribution < 1.29 is 0 Å². The second-order valence-electron chi connectivity index (χ2n) is 7.19. The van der Waals surface area contributed by atoms with Crippen LogP contribution in [0.5, 0.6) is 0 Å². The molecular weight excluding hydrogens is 250 g/mol. The fraction of sp³-hybridized carbons (Fsp3) is 0.941. The van der Waals surface area contributed by atoms with Crippen molar-refractivity contribution in [3.05, 3.63) is 0 Å². The molecule has 1 nitrogen and oxygen atoms in total. The first-order valence-electron chi connectivity index (χ1n) is 8.16. The van der Waals surface area contributed by atoms with Gasteiger partial charge in [0.2, 0.25) is 0 Å². The van der Waals surface area contributed by atoms with Gasteiger partial charge in [0, 0.05) is 5.92 Å². The van der Waals surface area contributed by atoms with Gasteiger partial charge in [0.15, 0.2) is 0 Å². The first-order valence-corrected chi connectivity index (χ1v) is 10.8. The highest BCUT2D eigenvalue weighted by Crippen LogP contribution is 2.52. The standard InChI is InChI=1S/C17H31NS/c1-4-19(2,3)17-11-9-16(10-12-17)15-7-5-14(13-18)6-8-15/h14-17H,4-12H2,1-3H3. The average Bonchev–Trinajstić information content (AvgIpc) is 2.47. The average molecular weight is 282 g/mol. The molecule has 2 heteroatoms. The molecule has 0 aromatic heterocycles. The van der Waals surface area contributed by atoms with Crippen molar-refractivity contribution in [2.45, 2.75) is 63.5 Å². The third kappa shape index (κ3) is 3.69. The largest absolute Gasteiger partial charge is 0.244 e. The zero-order chi connectivity index (χ0) is 13.9. The van der Waals surface area contributed by atoms with E-state index in [1.807, 2.05) is 0 Å². The summed E-state index contributed by atoms with van der Waals surface area (Å²) in [6.07, 6.45) is 16.0. The van der Waals surface area contributed by atoms with Crippen LogP contribution in [0.3, 0.4) is 0 Å². The number of hydrogen-bond donors (Lipinski definition) is 0. The first kappa shape index (κ1) is 15.2. The van der Waals surface area contributed by atoms with Gasteiger partial charge in [-0.2, -0.15) is 5.26 Å². The van der Waals surface area contributed by atoms with Gasteiger partial charge in [-0.25, -0.2) is 10.0 Å². The first-order chi connectivity index (χ1) is 9.06. The summed E-state index contributed by atoms with van der Waals surface area (Å²) in [7, 11) is -0.331. The quantitative estimate of drug-likeness (QED) is 0.717. The minimum Gasteiger partial charge on any atom is -0.244 e. The topological polar surface area (TPSA) is 23.8 Å². The van der Waals surface area contributed by atoms with Crippen molar-refractivity contribution in [1.29, 1.82) is 5.26 Å². The monoisotopic (exact) mass is 281 g/mol. The fourth-order valence-electron chi connectivity index (χ4n) is 4.15. The van der Waals surface area contributed by atoms with Gasteiger partial charge in [-0.1, -0.05) is 6.92 Å². The highest BCUT2D eigenvalue weighted by molar-refractivity contribution is 8.33. The maximum Gasteiger partial charge on any atom is 0.0655 e. The van der Waals surface area contributed by atoms with Gasteiger partial charge in [0.25, 0.3) is 0 Å². The Balaban J connectivity index is 1.80. The molecule has 0 aromatic carbocycles. The molecule has 0 spiro atoms. The maximum absolute atomic E-state index is 8.99. The number of nitriles is 1. The number of hydrogen-bond acceptors (Lipinski definition) is 1. The summed E-state index contributed by atoms with van der Waals surface area (Å²) in [4.78, 5) is 0. The summed E-state index contributed by atoms with van der Waals surface area (Å²) >= 11 is 0. The molecule has 0 bridgehead atoms. The number of nitrogens with zero attached hydrogens (tertiary/aromatic N) is 1. The molecule has 110 valence electrons. The molecule has 0 saturated heterocycles. The SMILES string of the molecule is CCS(C)(C)C1CCC(C2CCC(C#N)CC2)CC1. The van der Waals surface area contributed by atoms with Gasteiger partial charge >= 0.3 is 0 Å². The molecule has 0 N–H and O–H groups in total. The Bertz CT molecular complexity index is 315. The summed E-state index contributed by atoms with van der Waals surface area (Å²) in [6, 6.07) is 2.47. The zero-order valence-electron chi connectivity index (χ0n) is 13.0. The predicted octanol–water partition coefficient (Wildman–Crippen LogP) is 4.96. The van der Waals surface area contributed by atoms with E-state index in [2.05, 4.69) is 25.5 Å². The van der Waals surface area contributed by atoms with E-state index < -0.39 is 0 Å². The Hall–Kier alpha value is -0.160. The van der Waals surface area contributed by atoms with Gasteiger partial charge in [-0.15, -0.1) is 0 Å². The Morgan fingerprint density at radius 3 is 1.79 bits per heavy atom. The molecule has 19 heavy (non-hydrogen) atoms. The molecule has 2 aliphatic carbocycles. The second-order valence-corrected chi connectivity index (χ2v) is 11.7. The van der Waals surface area contributed by atoms with Crippen LogP contribution in [0.15, 0.2) is 0 Å². The van der Waals surface area contributed by atoms with Gasteiger partial charge in [0.05, 0.1) is 6.07 Å². The Labute approximate surface area is 121 Å². The summed E-state index contributed by atoms with van der Waals surface area (Å²) in [6.45, 7) is 2.38. The lowest BCUT2D eigenvalue weighted by molar-refractivity contribution is 0.183. The molecule has 0 amide bonds. The van der Waals surface area contributed by atoms with Crippen molar-refractivity contribution in [2.75, 3.05) is 18.3 Å². The molecule has 2 rings (SSSR count). The van der Waals surface area contributed by atoms with Gasteiger partial charge < -0.3 is 0 Å². The summed E-state index contributed by atoms with van der Waals surface area (Å²) < 4.78 is 0. The minimum absolute atomic E-state index is 0.331.